The van der Waals surface area contributed by atoms with E-state index in [9.17, 15) is 9.90 Å². The molecule has 1 fully saturated rings. The van der Waals surface area contributed by atoms with Gasteiger partial charge in [0.25, 0.3) is 0 Å². The van der Waals surface area contributed by atoms with Gasteiger partial charge in [-0.05, 0) is 38.4 Å². The fourth-order valence-electron chi connectivity index (χ4n) is 3.15. The second-order valence-corrected chi connectivity index (χ2v) is 7.20. The number of thiazole rings is 1. The van der Waals surface area contributed by atoms with Crippen LogP contribution in [-0.2, 0) is 4.79 Å². The van der Waals surface area contributed by atoms with Crippen LogP contribution in [0, 0.1) is 0 Å². The fourth-order valence-corrected chi connectivity index (χ4v) is 4.09. The molecular formula is C17H23N3O2S. The summed E-state index contributed by atoms with van der Waals surface area (Å²) in [5, 5.41) is 10.7. The first-order valence-electron chi connectivity index (χ1n) is 8.10. The van der Waals surface area contributed by atoms with Crippen molar-refractivity contribution in [3.8, 4) is 0 Å². The van der Waals surface area contributed by atoms with Gasteiger partial charge in [0, 0.05) is 13.1 Å². The zero-order chi connectivity index (χ0) is 16.4. The van der Waals surface area contributed by atoms with Gasteiger partial charge in [-0.15, -0.1) is 0 Å². The van der Waals surface area contributed by atoms with E-state index in [0.717, 1.165) is 41.2 Å². The number of anilines is 1. The number of nitrogens with zero attached hydrogens (tertiary/aromatic N) is 3. The minimum absolute atomic E-state index is 0.0246. The lowest BCUT2D eigenvalue weighted by Crippen LogP contribution is -2.50. The largest absolute Gasteiger partial charge is 0.392 e. The molecule has 0 spiro atoms. The summed E-state index contributed by atoms with van der Waals surface area (Å²) in [5.41, 5.74) is 0.923. The Morgan fingerprint density at radius 1 is 1.48 bits per heavy atom. The summed E-state index contributed by atoms with van der Waals surface area (Å²) in [6, 6.07) is 7.99. The number of carbonyl (C=O) groups is 1. The molecule has 2 unspecified atom stereocenters. The molecule has 1 N–H and O–H groups in total. The number of amides is 1. The van der Waals surface area contributed by atoms with E-state index in [1.807, 2.05) is 31.2 Å². The summed E-state index contributed by atoms with van der Waals surface area (Å²) in [7, 11) is 1.78. The zero-order valence-electron chi connectivity index (χ0n) is 13.6. The van der Waals surface area contributed by atoms with E-state index >= 15 is 0 Å². The van der Waals surface area contributed by atoms with Gasteiger partial charge in [-0.2, -0.15) is 0 Å². The summed E-state index contributed by atoms with van der Waals surface area (Å²) in [4.78, 5) is 20.9. The van der Waals surface area contributed by atoms with E-state index in [1.54, 1.807) is 11.9 Å². The van der Waals surface area contributed by atoms with Crippen LogP contribution in [0.1, 0.15) is 26.2 Å². The fraction of sp³-hybridized carbons (Fsp3) is 0.529. The summed E-state index contributed by atoms with van der Waals surface area (Å²) in [5.74, 6) is 0.0246. The number of benzene rings is 1. The van der Waals surface area contributed by atoms with Crippen LogP contribution in [0.3, 0.4) is 0 Å². The normalized spacial score (nSPS) is 20.6. The third-order valence-corrected chi connectivity index (χ3v) is 5.62. The Labute approximate surface area is 140 Å². The number of para-hydroxylation sites is 1. The van der Waals surface area contributed by atoms with Gasteiger partial charge >= 0.3 is 0 Å². The lowest BCUT2D eigenvalue weighted by Gasteiger charge is -2.37. The third kappa shape index (κ3) is 3.54. The van der Waals surface area contributed by atoms with Crippen molar-refractivity contribution in [2.24, 2.45) is 0 Å². The van der Waals surface area contributed by atoms with Crippen molar-refractivity contribution < 1.29 is 9.90 Å². The van der Waals surface area contributed by atoms with E-state index in [2.05, 4.69) is 9.88 Å². The smallest absolute Gasteiger partial charge is 0.242 e. The molecule has 0 radical (unpaired) electrons. The Morgan fingerprint density at radius 3 is 3.00 bits per heavy atom. The second kappa shape index (κ2) is 6.95. The highest BCUT2D eigenvalue weighted by atomic mass is 32.1. The van der Waals surface area contributed by atoms with Crippen molar-refractivity contribution in [2.45, 2.75) is 38.3 Å². The molecule has 1 saturated heterocycles. The molecule has 1 aromatic carbocycles. The van der Waals surface area contributed by atoms with Crippen LogP contribution in [0.5, 0.6) is 0 Å². The van der Waals surface area contributed by atoms with E-state index in [-0.39, 0.29) is 11.9 Å². The molecule has 23 heavy (non-hydrogen) atoms. The molecule has 3 rings (SSSR count). The standard InChI is InChI=1S/C17H23N3O2S/c1-12(21)14-8-5-6-10-20(14)11-16(22)19(2)17-18-13-7-3-4-9-15(13)23-17/h3-4,7,9,12,14,21H,5-6,8,10-11H2,1-2H3. The number of hydrogen-bond donors (Lipinski definition) is 1. The van der Waals surface area contributed by atoms with Gasteiger partial charge < -0.3 is 5.11 Å². The van der Waals surface area contributed by atoms with Crippen LogP contribution in [-0.4, -0.2) is 53.2 Å². The number of hydrogen-bond acceptors (Lipinski definition) is 5. The zero-order valence-corrected chi connectivity index (χ0v) is 14.4. The number of aromatic nitrogens is 1. The topological polar surface area (TPSA) is 56.7 Å². The van der Waals surface area contributed by atoms with Gasteiger partial charge in [-0.25, -0.2) is 4.98 Å². The molecule has 1 aliphatic rings. The predicted molar refractivity (Wildman–Crippen MR) is 93.9 cm³/mol. The van der Waals surface area contributed by atoms with Crippen molar-refractivity contribution in [3.63, 3.8) is 0 Å². The van der Waals surface area contributed by atoms with Gasteiger partial charge in [0.15, 0.2) is 5.13 Å². The maximum atomic E-state index is 12.6. The molecule has 124 valence electrons. The van der Waals surface area contributed by atoms with Crippen molar-refractivity contribution in [2.75, 3.05) is 25.0 Å². The van der Waals surface area contributed by atoms with Gasteiger partial charge in [-0.1, -0.05) is 29.9 Å². The summed E-state index contributed by atoms with van der Waals surface area (Å²) in [6.07, 6.45) is 2.75. The van der Waals surface area contributed by atoms with Crippen LogP contribution in [0.2, 0.25) is 0 Å². The lowest BCUT2D eigenvalue weighted by molar-refractivity contribution is -0.121. The number of aliphatic hydroxyl groups excluding tert-OH is 1. The van der Waals surface area contributed by atoms with Crippen LogP contribution < -0.4 is 4.90 Å². The van der Waals surface area contributed by atoms with Gasteiger partial charge in [0.05, 0.1) is 22.9 Å². The third-order valence-electron chi connectivity index (χ3n) is 4.50. The molecule has 1 aromatic heterocycles. The highest BCUT2D eigenvalue weighted by Gasteiger charge is 2.29. The number of fused-ring (bicyclic) bond motifs is 1. The van der Waals surface area contributed by atoms with Crippen molar-refractivity contribution in [3.05, 3.63) is 24.3 Å². The van der Waals surface area contributed by atoms with Crippen LogP contribution in [0.4, 0.5) is 5.13 Å². The Kier molecular flexibility index (Phi) is 4.94. The highest BCUT2D eigenvalue weighted by Crippen LogP contribution is 2.28. The molecule has 1 amide bonds. The molecule has 2 aromatic rings. The number of piperidine rings is 1. The van der Waals surface area contributed by atoms with E-state index < -0.39 is 6.10 Å². The van der Waals surface area contributed by atoms with E-state index in [1.165, 1.54) is 11.3 Å². The molecule has 6 heteroatoms. The van der Waals surface area contributed by atoms with Crippen LogP contribution in [0.25, 0.3) is 10.2 Å². The minimum atomic E-state index is -0.407. The maximum absolute atomic E-state index is 12.6. The van der Waals surface area contributed by atoms with Crippen LogP contribution >= 0.6 is 11.3 Å². The quantitative estimate of drug-likeness (QED) is 0.934. The first kappa shape index (κ1) is 16.4. The Morgan fingerprint density at radius 2 is 2.26 bits per heavy atom. The molecule has 0 aliphatic carbocycles. The van der Waals surface area contributed by atoms with Crippen molar-refractivity contribution in [1.82, 2.24) is 9.88 Å². The molecule has 1 aliphatic heterocycles. The number of aliphatic hydroxyl groups is 1. The highest BCUT2D eigenvalue weighted by molar-refractivity contribution is 7.22. The number of carbonyl (C=O) groups excluding carboxylic acids is 1. The van der Waals surface area contributed by atoms with Gasteiger partial charge in [0.2, 0.25) is 5.91 Å². The number of likely N-dealkylation sites (N-methyl/N-ethyl adjacent to an activating group) is 1. The number of rotatable bonds is 4. The molecule has 5 nitrogen and oxygen atoms in total. The Hall–Kier alpha value is -1.50. The molecule has 2 atom stereocenters. The Bertz CT molecular complexity index is 652. The minimum Gasteiger partial charge on any atom is -0.392 e. The second-order valence-electron chi connectivity index (χ2n) is 6.19. The van der Waals surface area contributed by atoms with Crippen molar-refractivity contribution in [1.29, 1.82) is 0 Å². The Balaban J connectivity index is 1.71. The van der Waals surface area contributed by atoms with Crippen LogP contribution in [0.15, 0.2) is 24.3 Å². The van der Waals surface area contributed by atoms with E-state index in [4.69, 9.17) is 0 Å². The number of likely N-dealkylation sites (tertiary alicyclic amines) is 1. The molecule has 0 bridgehead atoms. The molecule has 0 saturated carbocycles. The maximum Gasteiger partial charge on any atom is 0.242 e. The first-order chi connectivity index (χ1) is 11.1. The summed E-state index contributed by atoms with van der Waals surface area (Å²) >= 11 is 1.53. The van der Waals surface area contributed by atoms with Crippen molar-refractivity contribution >= 4 is 32.6 Å². The van der Waals surface area contributed by atoms with Gasteiger partial charge in [-0.3, -0.25) is 14.6 Å². The van der Waals surface area contributed by atoms with E-state index in [0.29, 0.717) is 6.54 Å². The first-order valence-corrected chi connectivity index (χ1v) is 8.92. The van der Waals surface area contributed by atoms with Gasteiger partial charge in [0.1, 0.15) is 0 Å². The SMILES string of the molecule is CC(O)C1CCCCN1CC(=O)N(C)c1nc2ccccc2s1. The monoisotopic (exact) mass is 333 g/mol. The average molecular weight is 333 g/mol. The summed E-state index contributed by atoms with van der Waals surface area (Å²) < 4.78 is 1.09. The summed E-state index contributed by atoms with van der Waals surface area (Å²) in [6.45, 7) is 3.02. The average Bonchev–Trinajstić information content (AvgIpc) is 2.98. The predicted octanol–water partition coefficient (Wildman–Crippen LogP) is 2.49. The molecular weight excluding hydrogens is 310 g/mol. The molecule has 2 heterocycles. The lowest BCUT2D eigenvalue weighted by atomic mass is 9.98.